The smallest absolute Gasteiger partial charge is 0.253 e. The number of halogens is 1. The second-order valence-electron chi connectivity index (χ2n) is 7.91. The molecule has 2 aliphatic rings. The lowest BCUT2D eigenvalue weighted by Crippen LogP contribution is -2.50. The van der Waals surface area contributed by atoms with Crippen LogP contribution in [0.1, 0.15) is 35.2 Å². The summed E-state index contributed by atoms with van der Waals surface area (Å²) in [6, 6.07) is 13.7. The minimum absolute atomic E-state index is 0.0225. The van der Waals surface area contributed by atoms with Crippen LogP contribution in [-0.4, -0.2) is 48.4 Å². The monoisotopic (exact) mass is 396 g/mol. The Labute approximate surface area is 170 Å². The number of hydrogen-bond acceptors (Lipinski definition) is 3. The summed E-state index contributed by atoms with van der Waals surface area (Å²) in [6.07, 6.45) is 2.27. The van der Waals surface area contributed by atoms with Crippen molar-refractivity contribution < 1.29 is 18.7 Å². The van der Waals surface area contributed by atoms with E-state index in [2.05, 4.69) is 0 Å². The normalized spacial score (nSPS) is 21.7. The van der Waals surface area contributed by atoms with Crippen LogP contribution in [0.15, 0.2) is 48.5 Å². The van der Waals surface area contributed by atoms with E-state index in [1.165, 1.54) is 13.2 Å². The zero-order valence-electron chi connectivity index (χ0n) is 16.6. The molecule has 2 amide bonds. The van der Waals surface area contributed by atoms with E-state index in [1.807, 2.05) is 18.2 Å². The van der Waals surface area contributed by atoms with Crippen LogP contribution in [0, 0.1) is 11.2 Å². The van der Waals surface area contributed by atoms with E-state index < -0.39 is 5.41 Å². The van der Waals surface area contributed by atoms with Crippen molar-refractivity contribution in [3.05, 3.63) is 65.5 Å². The van der Waals surface area contributed by atoms with Gasteiger partial charge in [0.05, 0.1) is 12.5 Å². The van der Waals surface area contributed by atoms with Crippen molar-refractivity contribution >= 4 is 11.8 Å². The summed E-state index contributed by atoms with van der Waals surface area (Å²) in [5.74, 6) is 0.215. The van der Waals surface area contributed by atoms with E-state index in [1.54, 1.807) is 34.1 Å². The molecule has 1 spiro atoms. The fraction of sp³-hybridized carbons (Fsp3) is 0.391. The van der Waals surface area contributed by atoms with Gasteiger partial charge in [-0.2, -0.15) is 0 Å². The van der Waals surface area contributed by atoms with Crippen LogP contribution in [0.5, 0.6) is 5.75 Å². The van der Waals surface area contributed by atoms with Crippen molar-refractivity contribution in [2.24, 2.45) is 5.41 Å². The quantitative estimate of drug-likeness (QED) is 0.795. The van der Waals surface area contributed by atoms with Crippen LogP contribution < -0.4 is 4.74 Å². The van der Waals surface area contributed by atoms with Crippen LogP contribution in [0.25, 0.3) is 0 Å². The molecule has 4 rings (SSSR count). The molecule has 2 saturated heterocycles. The summed E-state index contributed by atoms with van der Waals surface area (Å²) in [6.45, 7) is 1.82. The Bertz CT molecular complexity index is 918. The van der Waals surface area contributed by atoms with Crippen LogP contribution in [0.2, 0.25) is 0 Å². The number of nitrogens with zero attached hydrogens (tertiary/aromatic N) is 2. The van der Waals surface area contributed by atoms with Gasteiger partial charge in [-0.3, -0.25) is 9.59 Å². The predicted octanol–water partition coefficient (Wildman–Crippen LogP) is 3.49. The zero-order chi connectivity index (χ0) is 20.4. The maximum Gasteiger partial charge on any atom is 0.253 e. The Hall–Kier alpha value is -2.89. The number of methoxy groups -OCH3 is 1. The van der Waals surface area contributed by atoms with E-state index in [0.29, 0.717) is 42.9 Å². The molecule has 2 aliphatic heterocycles. The average molecular weight is 396 g/mol. The third-order valence-electron chi connectivity index (χ3n) is 6.10. The fourth-order valence-corrected chi connectivity index (χ4v) is 4.50. The molecule has 0 unspecified atom stereocenters. The maximum absolute atomic E-state index is 14.3. The van der Waals surface area contributed by atoms with E-state index >= 15 is 0 Å². The second kappa shape index (κ2) is 7.85. The highest BCUT2D eigenvalue weighted by Crippen LogP contribution is 2.41. The SMILES string of the molecule is COc1ccc(F)c(CN2CCC[C@@]3(CCN(C(=O)c4ccccc4)C3)C2=O)c1. The lowest BCUT2D eigenvalue weighted by atomic mass is 9.78. The van der Waals surface area contributed by atoms with Gasteiger partial charge in [0.25, 0.3) is 5.91 Å². The number of carbonyl (C=O) groups excluding carboxylic acids is 2. The number of ether oxygens (including phenoxy) is 1. The third-order valence-corrected chi connectivity index (χ3v) is 6.10. The lowest BCUT2D eigenvalue weighted by molar-refractivity contribution is -0.146. The highest BCUT2D eigenvalue weighted by molar-refractivity contribution is 5.95. The van der Waals surface area contributed by atoms with E-state index in [4.69, 9.17) is 4.74 Å². The number of rotatable bonds is 4. The minimum Gasteiger partial charge on any atom is -0.497 e. The number of hydrogen-bond donors (Lipinski definition) is 0. The number of piperidine rings is 1. The number of amides is 2. The van der Waals surface area contributed by atoms with Crippen LogP contribution in [0.4, 0.5) is 4.39 Å². The fourth-order valence-electron chi connectivity index (χ4n) is 4.50. The van der Waals surface area contributed by atoms with Crippen LogP contribution >= 0.6 is 0 Å². The molecule has 29 heavy (non-hydrogen) atoms. The number of carbonyl (C=O) groups is 2. The van der Waals surface area contributed by atoms with E-state index in [0.717, 1.165) is 12.8 Å². The standard InChI is InChI=1S/C23H25FN2O3/c1-29-19-8-9-20(24)18(14-19)15-25-12-5-10-23(22(25)28)11-13-26(16-23)21(27)17-6-3-2-4-7-17/h2-4,6-9,14H,5,10-13,15-16H2,1H3/t23-/m0/s1. The van der Waals surface area contributed by atoms with Crippen LogP contribution in [-0.2, 0) is 11.3 Å². The summed E-state index contributed by atoms with van der Waals surface area (Å²) < 4.78 is 19.5. The lowest BCUT2D eigenvalue weighted by Gasteiger charge is -2.39. The second-order valence-corrected chi connectivity index (χ2v) is 7.91. The molecular weight excluding hydrogens is 371 g/mol. The Morgan fingerprint density at radius 1 is 1.14 bits per heavy atom. The first-order valence-corrected chi connectivity index (χ1v) is 9.98. The number of benzene rings is 2. The molecule has 6 heteroatoms. The Morgan fingerprint density at radius 2 is 1.93 bits per heavy atom. The van der Waals surface area contributed by atoms with Crippen molar-refractivity contribution in [3.8, 4) is 5.75 Å². The first-order chi connectivity index (χ1) is 14.0. The van der Waals surface area contributed by atoms with Crippen LogP contribution in [0.3, 0.4) is 0 Å². The summed E-state index contributed by atoms with van der Waals surface area (Å²) in [7, 11) is 1.54. The summed E-state index contributed by atoms with van der Waals surface area (Å²) >= 11 is 0. The molecule has 2 fully saturated rings. The Kier molecular flexibility index (Phi) is 5.26. The van der Waals surface area contributed by atoms with Gasteiger partial charge in [0.15, 0.2) is 0 Å². The summed E-state index contributed by atoms with van der Waals surface area (Å²) in [5.41, 5.74) is 0.533. The van der Waals surface area contributed by atoms with Crippen molar-refractivity contribution in [2.45, 2.75) is 25.8 Å². The molecule has 152 valence electrons. The molecule has 0 bridgehead atoms. The summed E-state index contributed by atoms with van der Waals surface area (Å²) in [4.78, 5) is 29.7. The molecule has 2 heterocycles. The van der Waals surface area contributed by atoms with Gasteiger partial charge in [0.2, 0.25) is 5.91 Å². The van der Waals surface area contributed by atoms with Gasteiger partial charge in [0.1, 0.15) is 11.6 Å². The molecule has 2 aromatic rings. The van der Waals surface area contributed by atoms with Gasteiger partial charge in [-0.25, -0.2) is 4.39 Å². The first-order valence-electron chi connectivity index (χ1n) is 9.98. The van der Waals surface area contributed by atoms with Crippen molar-refractivity contribution in [1.29, 1.82) is 0 Å². The minimum atomic E-state index is -0.558. The molecule has 0 aliphatic carbocycles. The average Bonchev–Trinajstić information content (AvgIpc) is 3.18. The molecular formula is C23H25FN2O3. The van der Waals surface area contributed by atoms with Crippen molar-refractivity contribution in [2.75, 3.05) is 26.7 Å². The van der Waals surface area contributed by atoms with Gasteiger partial charge < -0.3 is 14.5 Å². The molecule has 0 radical (unpaired) electrons. The number of likely N-dealkylation sites (tertiary alicyclic amines) is 2. The highest BCUT2D eigenvalue weighted by Gasteiger charge is 2.49. The molecule has 1 atom stereocenters. The topological polar surface area (TPSA) is 49.9 Å². The maximum atomic E-state index is 14.3. The van der Waals surface area contributed by atoms with Crippen molar-refractivity contribution in [3.63, 3.8) is 0 Å². The zero-order valence-corrected chi connectivity index (χ0v) is 16.6. The first kappa shape index (κ1) is 19.4. The molecule has 2 aromatic carbocycles. The largest absolute Gasteiger partial charge is 0.497 e. The highest BCUT2D eigenvalue weighted by atomic mass is 19.1. The molecule has 0 N–H and O–H groups in total. The predicted molar refractivity (Wildman–Crippen MR) is 107 cm³/mol. The van der Waals surface area contributed by atoms with E-state index in [9.17, 15) is 14.0 Å². The van der Waals surface area contributed by atoms with Gasteiger partial charge in [-0.1, -0.05) is 18.2 Å². The van der Waals surface area contributed by atoms with E-state index in [-0.39, 0.29) is 24.2 Å². The summed E-state index contributed by atoms with van der Waals surface area (Å²) in [5, 5.41) is 0. The van der Waals surface area contributed by atoms with Gasteiger partial charge in [-0.05, 0) is 49.6 Å². The Balaban J connectivity index is 1.50. The molecule has 5 nitrogen and oxygen atoms in total. The Morgan fingerprint density at radius 3 is 2.69 bits per heavy atom. The van der Waals surface area contributed by atoms with Gasteiger partial charge >= 0.3 is 0 Å². The molecule has 0 saturated carbocycles. The third kappa shape index (κ3) is 3.71. The van der Waals surface area contributed by atoms with Gasteiger partial charge in [-0.15, -0.1) is 0 Å². The molecule has 0 aromatic heterocycles. The van der Waals surface area contributed by atoms with Crippen molar-refractivity contribution in [1.82, 2.24) is 9.80 Å². The van der Waals surface area contributed by atoms with Gasteiger partial charge in [0, 0.05) is 37.3 Å².